The van der Waals surface area contributed by atoms with E-state index in [4.69, 9.17) is 4.74 Å². The molecule has 0 atom stereocenters. The number of nitrogens with zero attached hydrogens (tertiary/aromatic N) is 5. The maximum atomic E-state index is 13.8. The number of aromatic hydroxyl groups is 1. The van der Waals surface area contributed by atoms with Crippen LogP contribution in [-0.4, -0.2) is 41.9 Å². The zero-order valence-corrected chi connectivity index (χ0v) is 17.3. The molecular weight excluding hydrogens is 419 g/mol. The van der Waals surface area contributed by atoms with Crippen LogP contribution in [0.4, 0.5) is 4.39 Å². The molecule has 1 aliphatic heterocycles. The van der Waals surface area contributed by atoms with Crippen molar-refractivity contribution in [1.82, 2.24) is 29.6 Å². The van der Waals surface area contributed by atoms with Crippen molar-refractivity contribution in [2.45, 2.75) is 44.9 Å². The lowest BCUT2D eigenvalue weighted by Crippen LogP contribution is -2.49. The van der Waals surface area contributed by atoms with E-state index in [0.29, 0.717) is 42.3 Å². The fourth-order valence-corrected chi connectivity index (χ4v) is 4.14. The highest BCUT2D eigenvalue weighted by Gasteiger charge is 2.46. The van der Waals surface area contributed by atoms with Crippen molar-refractivity contribution < 1.29 is 19.0 Å². The molecule has 166 valence electrons. The summed E-state index contributed by atoms with van der Waals surface area (Å²) in [5.41, 5.74) is -0.698. The highest BCUT2D eigenvalue weighted by molar-refractivity contribution is 5.94. The van der Waals surface area contributed by atoms with Gasteiger partial charge in [-0.2, -0.15) is 5.10 Å². The van der Waals surface area contributed by atoms with Gasteiger partial charge in [-0.05, 0) is 43.9 Å². The summed E-state index contributed by atoms with van der Waals surface area (Å²) in [7, 11) is 0. The molecule has 1 aliphatic carbocycles. The number of hydrogen-bond donors (Lipinski definition) is 2. The van der Waals surface area contributed by atoms with Gasteiger partial charge in [0.2, 0.25) is 5.75 Å². The standard InChI is InChI=1S/C21H21FN6O4/c1-12-24-11-28(26-12)15-9-14(22)4-3-13(15)10-23-18(30)16-17(29)19(31)27-7-8-32-21(5-2-6-21)20(27)25-16/h3-4,9,11,29H,2,5-8,10H2,1H3,(H,23,30). The van der Waals surface area contributed by atoms with E-state index in [1.165, 1.54) is 33.8 Å². The Labute approximate surface area is 181 Å². The number of hydrogen-bond acceptors (Lipinski definition) is 7. The molecule has 2 N–H and O–H groups in total. The van der Waals surface area contributed by atoms with Gasteiger partial charge >= 0.3 is 0 Å². The fraction of sp³-hybridized carbons (Fsp3) is 0.381. The Balaban J connectivity index is 1.44. The van der Waals surface area contributed by atoms with Gasteiger partial charge in [-0.3, -0.25) is 14.2 Å². The minimum absolute atomic E-state index is 0.00542. The number of carbonyl (C=O) groups is 1. The molecule has 0 radical (unpaired) electrons. The number of aromatic nitrogens is 5. The molecule has 3 heterocycles. The second-order valence-corrected chi connectivity index (χ2v) is 7.98. The van der Waals surface area contributed by atoms with Crippen molar-refractivity contribution in [2.24, 2.45) is 0 Å². The van der Waals surface area contributed by atoms with Gasteiger partial charge in [-0.15, -0.1) is 0 Å². The molecule has 1 spiro atoms. The Morgan fingerprint density at radius 1 is 1.38 bits per heavy atom. The highest BCUT2D eigenvalue weighted by Crippen LogP contribution is 2.45. The van der Waals surface area contributed by atoms with E-state index in [0.717, 1.165) is 6.42 Å². The van der Waals surface area contributed by atoms with Crippen molar-refractivity contribution in [3.63, 3.8) is 0 Å². The summed E-state index contributed by atoms with van der Waals surface area (Å²) in [5.74, 6) is -0.985. The minimum Gasteiger partial charge on any atom is -0.501 e. The molecule has 1 amide bonds. The smallest absolute Gasteiger partial charge is 0.296 e. The first-order chi connectivity index (χ1) is 15.4. The third-order valence-electron chi connectivity index (χ3n) is 5.96. The van der Waals surface area contributed by atoms with Gasteiger partial charge in [0.1, 0.15) is 29.4 Å². The van der Waals surface area contributed by atoms with Gasteiger partial charge in [0.15, 0.2) is 5.69 Å². The summed E-state index contributed by atoms with van der Waals surface area (Å²) >= 11 is 0. The van der Waals surface area contributed by atoms with Crippen LogP contribution in [-0.2, 0) is 23.4 Å². The molecule has 3 aromatic rings. The van der Waals surface area contributed by atoms with Crippen LogP contribution in [0.1, 0.15) is 47.0 Å². The van der Waals surface area contributed by atoms with Crippen LogP contribution < -0.4 is 10.9 Å². The monoisotopic (exact) mass is 440 g/mol. The molecule has 2 aromatic heterocycles. The normalized spacial score (nSPS) is 16.4. The Hall–Kier alpha value is -3.60. The van der Waals surface area contributed by atoms with Gasteiger partial charge in [-0.1, -0.05) is 6.07 Å². The van der Waals surface area contributed by atoms with Gasteiger partial charge in [0.05, 0.1) is 18.8 Å². The molecule has 5 rings (SSSR count). The predicted molar refractivity (Wildman–Crippen MR) is 109 cm³/mol. The summed E-state index contributed by atoms with van der Waals surface area (Å²) in [4.78, 5) is 34.0. The number of nitrogens with one attached hydrogen (secondary N) is 1. The van der Waals surface area contributed by atoms with Gasteiger partial charge in [-0.25, -0.2) is 19.0 Å². The number of amides is 1. The number of fused-ring (bicyclic) bond motifs is 2. The van der Waals surface area contributed by atoms with E-state index in [1.54, 1.807) is 6.92 Å². The van der Waals surface area contributed by atoms with E-state index in [9.17, 15) is 19.1 Å². The Bertz CT molecular complexity index is 1280. The second kappa shape index (κ2) is 7.52. The van der Waals surface area contributed by atoms with Gasteiger partial charge in [0.25, 0.3) is 11.5 Å². The largest absolute Gasteiger partial charge is 0.501 e. The van der Waals surface area contributed by atoms with E-state index in [2.05, 4.69) is 20.4 Å². The molecule has 1 aromatic carbocycles. The molecule has 32 heavy (non-hydrogen) atoms. The SMILES string of the molecule is Cc1ncn(-c2cc(F)ccc2CNC(=O)c2nc3n(c(=O)c2O)CCOC32CCC2)n1. The molecule has 0 saturated heterocycles. The summed E-state index contributed by atoms with van der Waals surface area (Å²) in [6, 6.07) is 4.08. The first kappa shape index (κ1) is 20.3. The zero-order valence-electron chi connectivity index (χ0n) is 17.3. The minimum atomic E-state index is -0.715. The first-order valence-corrected chi connectivity index (χ1v) is 10.3. The van der Waals surface area contributed by atoms with Crippen molar-refractivity contribution in [1.29, 1.82) is 0 Å². The van der Waals surface area contributed by atoms with Crippen LogP contribution in [0.15, 0.2) is 29.3 Å². The molecule has 0 unspecified atom stereocenters. The predicted octanol–water partition coefficient (Wildman–Crippen LogP) is 1.32. The summed E-state index contributed by atoms with van der Waals surface area (Å²) < 4.78 is 22.5. The zero-order chi connectivity index (χ0) is 22.5. The second-order valence-electron chi connectivity index (χ2n) is 7.98. The molecular formula is C21H21FN6O4. The topological polar surface area (TPSA) is 124 Å². The maximum Gasteiger partial charge on any atom is 0.296 e. The molecule has 2 aliphatic rings. The first-order valence-electron chi connectivity index (χ1n) is 10.3. The molecule has 1 saturated carbocycles. The third-order valence-corrected chi connectivity index (χ3v) is 5.96. The number of rotatable bonds is 4. The van der Waals surface area contributed by atoms with E-state index >= 15 is 0 Å². The molecule has 10 nitrogen and oxygen atoms in total. The lowest BCUT2D eigenvalue weighted by molar-refractivity contribution is -0.134. The fourth-order valence-electron chi connectivity index (χ4n) is 4.14. The lowest BCUT2D eigenvalue weighted by Gasteiger charge is -2.44. The average molecular weight is 440 g/mol. The number of ether oxygens (including phenoxy) is 1. The molecule has 11 heteroatoms. The molecule has 0 bridgehead atoms. The number of benzene rings is 1. The van der Waals surface area contributed by atoms with Gasteiger partial charge in [0, 0.05) is 6.54 Å². The summed E-state index contributed by atoms with van der Waals surface area (Å²) in [6.07, 6.45) is 3.81. The highest BCUT2D eigenvalue weighted by atomic mass is 19.1. The summed E-state index contributed by atoms with van der Waals surface area (Å²) in [5, 5.41) is 17.2. The van der Waals surface area contributed by atoms with Crippen LogP contribution in [0.5, 0.6) is 5.75 Å². The summed E-state index contributed by atoms with van der Waals surface area (Å²) in [6.45, 7) is 2.33. The van der Waals surface area contributed by atoms with E-state index < -0.39 is 28.6 Å². The maximum absolute atomic E-state index is 13.8. The van der Waals surface area contributed by atoms with Gasteiger partial charge < -0.3 is 15.2 Å². The van der Waals surface area contributed by atoms with Crippen molar-refractivity contribution >= 4 is 5.91 Å². The third kappa shape index (κ3) is 3.25. The van der Waals surface area contributed by atoms with Crippen LogP contribution >= 0.6 is 0 Å². The van der Waals surface area contributed by atoms with E-state index in [-0.39, 0.29) is 18.8 Å². The number of halogens is 1. The quantitative estimate of drug-likeness (QED) is 0.627. The average Bonchev–Trinajstić information content (AvgIpc) is 3.19. The Morgan fingerprint density at radius 2 is 2.19 bits per heavy atom. The van der Waals surface area contributed by atoms with Crippen molar-refractivity contribution in [3.05, 3.63) is 63.6 Å². The number of aryl methyl sites for hydroxylation is 1. The van der Waals surface area contributed by atoms with Crippen LogP contribution in [0, 0.1) is 12.7 Å². The van der Waals surface area contributed by atoms with Crippen LogP contribution in [0.3, 0.4) is 0 Å². The van der Waals surface area contributed by atoms with E-state index in [1.807, 2.05) is 0 Å². The number of carbonyl (C=O) groups excluding carboxylic acids is 1. The van der Waals surface area contributed by atoms with Crippen molar-refractivity contribution in [2.75, 3.05) is 6.61 Å². The molecule has 1 fully saturated rings. The van der Waals surface area contributed by atoms with Crippen molar-refractivity contribution in [3.8, 4) is 11.4 Å². The Kier molecular flexibility index (Phi) is 4.77. The lowest BCUT2D eigenvalue weighted by atomic mass is 9.78. The van der Waals surface area contributed by atoms with Crippen LogP contribution in [0.2, 0.25) is 0 Å². The Morgan fingerprint density at radius 3 is 2.88 bits per heavy atom. The van der Waals surface area contributed by atoms with Crippen LogP contribution in [0.25, 0.3) is 5.69 Å².